The summed E-state index contributed by atoms with van der Waals surface area (Å²) in [5.74, 6) is 0.167. The fourth-order valence-electron chi connectivity index (χ4n) is 3.31. The molecule has 0 aromatic rings. The molecular formula is C11H16O2. The average Bonchev–Trinajstić information content (AvgIpc) is 2.36. The van der Waals surface area contributed by atoms with Gasteiger partial charge in [0.25, 0.3) is 0 Å². The quantitative estimate of drug-likeness (QED) is 0.455. The van der Waals surface area contributed by atoms with E-state index in [2.05, 4.69) is 13.8 Å². The van der Waals surface area contributed by atoms with Crippen molar-refractivity contribution >= 4 is 12.1 Å². The van der Waals surface area contributed by atoms with Gasteiger partial charge in [-0.1, -0.05) is 20.8 Å². The molecule has 0 spiro atoms. The fourth-order valence-corrected chi connectivity index (χ4v) is 3.31. The lowest BCUT2D eigenvalue weighted by Crippen LogP contribution is -2.33. The van der Waals surface area contributed by atoms with Crippen molar-refractivity contribution in [3.05, 3.63) is 0 Å². The Kier molecular flexibility index (Phi) is 1.53. The van der Waals surface area contributed by atoms with Gasteiger partial charge in [0, 0.05) is 5.41 Å². The zero-order chi connectivity index (χ0) is 9.85. The molecule has 2 nitrogen and oxygen atoms in total. The summed E-state index contributed by atoms with van der Waals surface area (Å²) in [7, 11) is 0. The Labute approximate surface area is 78.7 Å². The van der Waals surface area contributed by atoms with Crippen LogP contribution in [-0.2, 0) is 9.59 Å². The molecule has 0 aliphatic heterocycles. The van der Waals surface area contributed by atoms with Crippen molar-refractivity contribution in [1.29, 1.82) is 0 Å². The molecule has 2 heteroatoms. The molecule has 2 aliphatic rings. The normalized spacial score (nSPS) is 46.8. The van der Waals surface area contributed by atoms with Crippen LogP contribution in [0.3, 0.4) is 0 Å². The second-order valence-corrected chi connectivity index (χ2v) is 5.23. The third-order valence-corrected chi connectivity index (χ3v) is 4.73. The Balaban J connectivity index is 2.50. The monoisotopic (exact) mass is 180 g/mol. The zero-order valence-corrected chi connectivity index (χ0v) is 8.46. The van der Waals surface area contributed by atoms with Gasteiger partial charge in [-0.05, 0) is 24.2 Å². The highest BCUT2D eigenvalue weighted by atomic mass is 16.1. The van der Waals surface area contributed by atoms with E-state index < -0.39 is 0 Å². The predicted octanol–water partition coefficient (Wildman–Crippen LogP) is 1.83. The van der Waals surface area contributed by atoms with E-state index in [-0.39, 0.29) is 22.5 Å². The smallest absolute Gasteiger partial charge is 0.149 e. The molecule has 2 aliphatic carbocycles. The van der Waals surface area contributed by atoms with E-state index >= 15 is 0 Å². The molecule has 72 valence electrons. The predicted molar refractivity (Wildman–Crippen MR) is 49.2 cm³/mol. The molecule has 0 N–H and O–H groups in total. The van der Waals surface area contributed by atoms with Gasteiger partial charge in [-0.15, -0.1) is 0 Å². The molecule has 1 unspecified atom stereocenters. The Bertz CT molecular complexity index is 280. The second-order valence-electron chi connectivity index (χ2n) is 5.23. The van der Waals surface area contributed by atoms with Crippen LogP contribution in [0.5, 0.6) is 0 Å². The van der Waals surface area contributed by atoms with Crippen LogP contribution >= 0.6 is 0 Å². The van der Waals surface area contributed by atoms with E-state index in [4.69, 9.17) is 0 Å². The fraction of sp³-hybridized carbons (Fsp3) is 0.818. The van der Waals surface area contributed by atoms with Crippen molar-refractivity contribution in [3.63, 3.8) is 0 Å². The highest BCUT2D eigenvalue weighted by Gasteiger charge is 2.65. The lowest BCUT2D eigenvalue weighted by molar-refractivity contribution is -0.134. The van der Waals surface area contributed by atoms with Gasteiger partial charge < -0.3 is 4.79 Å². The molecule has 2 fully saturated rings. The lowest BCUT2D eigenvalue weighted by Gasteiger charge is -2.32. The summed E-state index contributed by atoms with van der Waals surface area (Å²) in [5, 5.41) is 0. The molecular weight excluding hydrogens is 164 g/mol. The van der Waals surface area contributed by atoms with Gasteiger partial charge in [0.2, 0.25) is 0 Å². The molecule has 2 bridgehead atoms. The van der Waals surface area contributed by atoms with Gasteiger partial charge in [-0.2, -0.15) is 0 Å². The first-order valence-corrected chi connectivity index (χ1v) is 4.95. The summed E-state index contributed by atoms with van der Waals surface area (Å²) in [6.07, 6.45) is 2.87. The number of fused-ring (bicyclic) bond motifs is 2. The van der Waals surface area contributed by atoms with Gasteiger partial charge in [-0.3, -0.25) is 4.79 Å². The van der Waals surface area contributed by atoms with Crippen LogP contribution in [0.25, 0.3) is 0 Å². The van der Waals surface area contributed by atoms with Crippen LogP contribution in [0.1, 0.15) is 33.6 Å². The van der Waals surface area contributed by atoms with E-state index in [9.17, 15) is 9.59 Å². The van der Waals surface area contributed by atoms with Crippen LogP contribution < -0.4 is 0 Å². The number of aldehydes is 1. The van der Waals surface area contributed by atoms with Crippen LogP contribution in [-0.4, -0.2) is 12.1 Å². The number of Topliss-reactive ketones (excluding diaryl/α,β-unsaturated/α-hetero) is 1. The number of carbonyl (C=O) groups is 2. The Morgan fingerprint density at radius 2 is 2.00 bits per heavy atom. The number of hydrogen-bond donors (Lipinski definition) is 0. The molecule has 2 saturated carbocycles. The summed E-state index contributed by atoms with van der Waals surface area (Å²) in [6.45, 7) is 6.29. The van der Waals surface area contributed by atoms with Gasteiger partial charge in [0.15, 0.2) is 0 Å². The van der Waals surface area contributed by atoms with Gasteiger partial charge in [-0.25, -0.2) is 0 Å². The molecule has 0 radical (unpaired) electrons. The van der Waals surface area contributed by atoms with Crippen molar-refractivity contribution < 1.29 is 9.59 Å². The first kappa shape index (κ1) is 8.92. The minimum atomic E-state index is -0.311. The number of carbonyl (C=O) groups excluding carboxylic acids is 2. The summed E-state index contributed by atoms with van der Waals surface area (Å²) in [4.78, 5) is 22.7. The van der Waals surface area contributed by atoms with Crippen molar-refractivity contribution in [2.45, 2.75) is 33.6 Å². The van der Waals surface area contributed by atoms with Crippen molar-refractivity contribution in [3.8, 4) is 0 Å². The number of hydrogen-bond acceptors (Lipinski definition) is 2. The third-order valence-electron chi connectivity index (χ3n) is 4.73. The molecule has 0 saturated heterocycles. The van der Waals surface area contributed by atoms with E-state index in [1.54, 1.807) is 0 Å². The minimum absolute atomic E-state index is 0.0235. The maximum absolute atomic E-state index is 11.9. The standard InChI is InChI=1S/C11H16O2/c1-10(2)8-4-5-11(10,3)9(13)7(8)6-12/h6-8H,4-5H2,1-3H3/t7?,8-,11+/m1/s1. The first-order valence-electron chi connectivity index (χ1n) is 4.95. The first-order chi connectivity index (χ1) is 5.95. The van der Waals surface area contributed by atoms with Crippen molar-refractivity contribution in [2.75, 3.05) is 0 Å². The van der Waals surface area contributed by atoms with Crippen LogP contribution in [0.4, 0.5) is 0 Å². The summed E-state index contributed by atoms with van der Waals surface area (Å²) in [5.41, 5.74) is -0.209. The summed E-state index contributed by atoms with van der Waals surface area (Å²) >= 11 is 0. The second kappa shape index (κ2) is 2.23. The minimum Gasteiger partial charge on any atom is -0.303 e. The Morgan fingerprint density at radius 1 is 1.38 bits per heavy atom. The van der Waals surface area contributed by atoms with Crippen LogP contribution in [0.15, 0.2) is 0 Å². The maximum Gasteiger partial charge on any atom is 0.149 e. The summed E-state index contributed by atoms with van der Waals surface area (Å²) in [6, 6.07) is 0. The molecule has 0 amide bonds. The molecule has 0 aromatic heterocycles. The van der Waals surface area contributed by atoms with E-state index in [0.717, 1.165) is 19.1 Å². The van der Waals surface area contributed by atoms with Crippen LogP contribution in [0.2, 0.25) is 0 Å². The number of ketones is 1. The van der Waals surface area contributed by atoms with Gasteiger partial charge in [0.1, 0.15) is 12.1 Å². The van der Waals surface area contributed by atoms with Gasteiger partial charge >= 0.3 is 0 Å². The van der Waals surface area contributed by atoms with E-state index in [0.29, 0.717) is 5.92 Å². The largest absolute Gasteiger partial charge is 0.303 e. The highest BCUT2D eigenvalue weighted by Crippen LogP contribution is 2.65. The van der Waals surface area contributed by atoms with Gasteiger partial charge in [0.05, 0.1) is 5.92 Å². The topological polar surface area (TPSA) is 34.1 Å². The zero-order valence-electron chi connectivity index (χ0n) is 8.46. The molecule has 3 atom stereocenters. The van der Waals surface area contributed by atoms with Crippen molar-refractivity contribution in [2.24, 2.45) is 22.7 Å². The highest BCUT2D eigenvalue weighted by molar-refractivity contribution is 6.01. The summed E-state index contributed by atoms with van der Waals surface area (Å²) < 4.78 is 0. The number of rotatable bonds is 1. The lowest BCUT2D eigenvalue weighted by atomic mass is 9.70. The molecule has 0 heterocycles. The van der Waals surface area contributed by atoms with Crippen molar-refractivity contribution in [1.82, 2.24) is 0 Å². The Morgan fingerprint density at radius 3 is 2.31 bits per heavy atom. The third kappa shape index (κ3) is 0.749. The molecule has 2 rings (SSSR count). The van der Waals surface area contributed by atoms with E-state index in [1.165, 1.54) is 0 Å². The maximum atomic E-state index is 11.9. The average molecular weight is 180 g/mol. The Hall–Kier alpha value is -0.660. The molecule has 13 heavy (non-hydrogen) atoms. The van der Waals surface area contributed by atoms with E-state index in [1.807, 2.05) is 6.92 Å². The SMILES string of the molecule is CC1(C)[C@@H]2CC[C@@]1(C)C(=O)C2C=O. The molecule has 0 aromatic carbocycles. The van der Waals surface area contributed by atoms with Crippen LogP contribution in [0, 0.1) is 22.7 Å².